The first-order valence-electron chi connectivity index (χ1n) is 0. The molecule has 0 unspecified atom stereocenters. The van der Waals surface area contributed by atoms with Crippen LogP contribution >= 0.6 is 0 Å². The molecular formula is CO2Pt. The summed E-state index contributed by atoms with van der Waals surface area (Å²) >= 11 is 0. The first kappa shape index (κ1) is 162. The second kappa shape index (κ2) is 66.3. The average molecular weight is 239 g/mol. The van der Waals surface area contributed by atoms with Gasteiger partial charge in [0.1, 0.15) is 0 Å². The summed E-state index contributed by atoms with van der Waals surface area (Å²) in [6.07, 6.45) is 0. The zero-order chi connectivity index (χ0) is 0. The van der Waals surface area contributed by atoms with E-state index in [-0.39, 0.29) is 39.4 Å². The minimum atomic E-state index is 0. The summed E-state index contributed by atoms with van der Waals surface area (Å²) in [6.45, 7) is 0. The summed E-state index contributed by atoms with van der Waals surface area (Å²) in [4.78, 5) is 0. The third-order valence-corrected chi connectivity index (χ3v) is 0. The Labute approximate surface area is 40.1 Å². The summed E-state index contributed by atoms with van der Waals surface area (Å²) in [5, 5.41) is 0. The first-order chi connectivity index (χ1) is 0. The largest absolute Gasteiger partial charge is 4.00 e. The summed E-state index contributed by atoms with van der Waals surface area (Å²) < 4.78 is 0. The molecular weight excluding hydrogens is 239 g/mol. The van der Waals surface area contributed by atoms with Crippen molar-refractivity contribution in [3.05, 3.63) is 7.43 Å². The van der Waals surface area contributed by atoms with E-state index in [1.54, 1.807) is 0 Å². The maximum Gasteiger partial charge on any atom is 4.00 e. The van der Waals surface area contributed by atoms with E-state index >= 15 is 0 Å². The van der Waals surface area contributed by atoms with E-state index in [9.17, 15) is 0 Å². The van der Waals surface area contributed by atoms with E-state index in [0.717, 1.165) is 0 Å². The molecule has 0 atom stereocenters. The van der Waals surface area contributed by atoms with E-state index in [1.807, 2.05) is 0 Å². The van der Waals surface area contributed by atoms with Crippen LogP contribution < -0.4 is 0 Å². The Morgan fingerprint density at radius 1 is 0.750 bits per heavy atom. The van der Waals surface area contributed by atoms with Crippen LogP contribution in [0.4, 0.5) is 0 Å². The fourth-order valence-electron chi connectivity index (χ4n) is 0. The van der Waals surface area contributed by atoms with E-state index in [2.05, 4.69) is 0 Å². The first-order valence-corrected chi connectivity index (χ1v) is 0. The van der Waals surface area contributed by atoms with Crippen molar-refractivity contribution in [2.45, 2.75) is 0 Å². The van der Waals surface area contributed by atoms with Crippen molar-refractivity contribution in [2.75, 3.05) is 0 Å². The van der Waals surface area contributed by atoms with E-state index in [4.69, 9.17) is 0 Å². The molecule has 0 saturated heterocycles. The van der Waals surface area contributed by atoms with Gasteiger partial charge in [-0.15, -0.1) is 0 Å². The van der Waals surface area contributed by atoms with Crippen LogP contribution in [0.3, 0.4) is 0 Å². The van der Waals surface area contributed by atoms with Gasteiger partial charge in [-0.1, -0.05) is 0 Å². The van der Waals surface area contributed by atoms with Crippen LogP contribution in [0, 0.1) is 7.43 Å². The average Bonchev–Trinajstić information content (AvgIpc) is 0. The summed E-state index contributed by atoms with van der Waals surface area (Å²) in [6, 6.07) is 0. The summed E-state index contributed by atoms with van der Waals surface area (Å²) in [5.74, 6) is 0. The zero-order valence-electron chi connectivity index (χ0n) is 1.63. The maximum absolute atomic E-state index is 0. The Balaban J connectivity index is 0. The van der Waals surface area contributed by atoms with Crippen LogP contribution in [0.25, 0.3) is 0 Å². The summed E-state index contributed by atoms with van der Waals surface area (Å²) in [7, 11) is 0. The maximum atomic E-state index is 0. The molecule has 2 nitrogen and oxygen atoms in total. The Hall–Kier alpha value is 0.608. The van der Waals surface area contributed by atoms with Crippen molar-refractivity contribution in [3.63, 3.8) is 0 Å². The molecule has 3 heteroatoms. The van der Waals surface area contributed by atoms with Crippen LogP contribution in [-0.2, 0) is 32.0 Å². The Bertz CT molecular complexity index is 6.00. The van der Waals surface area contributed by atoms with Gasteiger partial charge in [-0.05, 0) is 0 Å². The molecule has 0 spiro atoms. The molecule has 4 heavy (non-hydrogen) atoms. The van der Waals surface area contributed by atoms with E-state index in [0.29, 0.717) is 0 Å². The quantitative estimate of drug-likeness (QED) is 0.564. The van der Waals surface area contributed by atoms with Gasteiger partial charge in [0, 0.05) is 7.43 Å². The third-order valence-electron chi connectivity index (χ3n) is 0. The van der Waals surface area contributed by atoms with Crippen molar-refractivity contribution in [1.82, 2.24) is 0 Å². The van der Waals surface area contributed by atoms with Crippen molar-refractivity contribution < 1.29 is 32.0 Å². The fourth-order valence-corrected chi connectivity index (χ4v) is 0. The van der Waals surface area contributed by atoms with Crippen molar-refractivity contribution in [2.24, 2.45) is 0 Å². The normalized spacial score (nSPS) is 0. The van der Waals surface area contributed by atoms with Crippen LogP contribution in [0.15, 0.2) is 0 Å². The molecule has 0 N–H and O–H groups in total. The molecule has 4 radical (unpaired) electrons. The second-order valence-corrected chi connectivity index (χ2v) is 0. The summed E-state index contributed by atoms with van der Waals surface area (Å²) in [5.41, 5.74) is 0. The number of hydrogen-bond donors (Lipinski definition) is 0. The molecule has 0 aromatic rings. The topological polar surface area (TPSA) is 57.0 Å². The molecule has 0 aliphatic heterocycles. The van der Waals surface area contributed by atoms with Crippen molar-refractivity contribution in [3.8, 4) is 0 Å². The molecule has 0 fully saturated rings. The van der Waals surface area contributed by atoms with Gasteiger partial charge in [0.2, 0.25) is 0 Å². The molecule has 0 aromatic carbocycles. The van der Waals surface area contributed by atoms with Gasteiger partial charge in [-0.3, -0.25) is 0 Å². The Kier molecular flexibility index (Phi) is 2690. The SMILES string of the molecule is [C].[O-2].[O-2].[Pt+4]. The molecule has 0 saturated carbocycles. The van der Waals surface area contributed by atoms with Gasteiger partial charge >= 0.3 is 21.1 Å². The number of rotatable bonds is 0. The minimum absolute atomic E-state index is 0. The molecule has 0 bridgehead atoms. The zero-order valence-corrected chi connectivity index (χ0v) is 3.90. The predicted molar refractivity (Wildman–Crippen MR) is 4.62 cm³/mol. The standard InChI is InChI=1S/C.2O.Pt/q;2*-2;+4. The molecule has 0 aromatic heterocycles. The molecule has 0 aliphatic carbocycles. The molecule has 26 valence electrons. The molecule has 0 heterocycles. The predicted octanol–water partition coefficient (Wildman–Crippen LogP) is -0.159. The van der Waals surface area contributed by atoms with Gasteiger partial charge in [-0.25, -0.2) is 0 Å². The number of hydrogen-bond acceptors (Lipinski definition) is 0. The fraction of sp³-hybridized carbons (Fsp3) is 0. The van der Waals surface area contributed by atoms with Crippen LogP contribution in [0.5, 0.6) is 0 Å². The smallest absolute Gasteiger partial charge is 2.00 e. The van der Waals surface area contributed by atoms with Crippen LogP contribution in [-0.4, -0.2) is 0 Å². The van der Waals surface area contributed by atoms with Gasteiger partial charge in [-0.2, -0.15) is 0 Å². The van der Waals surface area contributed by atoms with E-state index < -0.39 is 0 Å². The van der Waals surface area contributed by atoms with Crippen LogP contribution in [0.1, 0.15) is 0 Å². The monoisotopic (exact) mass is 239 g/mol. The molecule has 0 amide bonds. The van der Waals surface area contributed by atoms with Gasteiger partial charge in [0.05, 0.1) is 0 Å². The Morgan fingerprint density at radius 2 is 0.750 bits per heavy atom. The second-order valence-electron chi connectivity index (χ2n) is 0. The minimum Gasteiger partial charge on any atom is -2.00 e. The third kappa shape index (κ3) is 18.2. The van der Waals surface area contributed by atoms with Gasteiger partial charge in [0.25, 0.3) is 0 Å². The van der Waals surface area contributed by atoms with Crippen molar-refractivity contribution >= 4 is 0 Å². The van der Waals surface area contributed by atoms with Crippen LogP contribution in [0.2, 0.25) is 0 Å². The van der Waals surface area contributed by atoms with E-state index in [1.165, 1.54) is 0 Å². The molecule has 0 rings (SSSR count). The van der Waals surface area contributed by atoms with Crippen molar-refractivity contribution in [1.29, 1.82) is 0 Å². The molecule has 0 aliphatic rings. The Morgan fingerprint density at radius 3 is 0.750 bits per heavy atom. The van der Waals surface area contributed by atoms with Gasteiger partial charge < -0.3 is 11.0 Å². The van der Waals surface area contributed by atoms with Gasteiger partial charge in [0.15, 0.2) is 0 Å².